The van der Waals surface area contributed by atoms with Crippen LogP contribution in [0.4, 0.5) is 0 Å². The van der Waals surface area contributed by atoms with Gasteiger partial charge in [-0.2, -0.15) is 0 Å². The van der Waals surface area contributed by atoms with Crippen molar-refractivity contribution in [3.8, 4) is 0 Å². The second-order valence-corrected chi connectivity index (χ2v) is 9.28. The highest BCUT2D eigenvalue weighted by molar-refractivity contribution is 5.01. The average Bonchev–Trinajstić information content (AvgIpc) is 2.70. The number of fused-ring (bicyclic) bond motifs is 1. The SMILES string of the molecule is CCCCC(O)C1CC(C(C)(C)C)C2OCC(C)(C)C2C1. The Kier molecular flexibility index (Phi) is 5.10. The number of hydrogen-bond acceptors (Lipinski definition) is 2. The first-order valence-electron chi connectivity index (χ1n) is 8.96. The van der Waals surface area contributed by atoms with E-state index in [1.165, 1.54) is 6.42 Å². The zero-order valence-electron chi connectivity index (χ0n) is 15.0. The van der Waals surface area contributed by atoms with Gasteiger partial charge in [0.05, 0.1) is 18.8 Å². The van der Waals surface area contributed by atoms with Crippen LogP contribution in [0.1, 0.15) is 73.6 Å². The Morgan fingerprint density at radius 2 is 1.90 bits per heavy atom. The van der Waals surface area contributed by atoms with Crippen LogP contribution in [0.5, 0.6) is 0 Å². The maximum atomic E-state index is 10.6. The molecule has 1 aliphatic carbocycles. The highest BCUT2D eigenvalue weighted by Crippen LogP contribution is 2.54. The summed E-state index contributed by atoms with van der Waals surface area (Å²) in [6.45, 7) is 14.8. The van der Waals surface area contributed by atoms with Gasteiger partial charge in [0.15, 0.2) is 0 Å². The second kappa shape index (κ2) is 6.20. The minimum absolute atomic E-state index is 0.118. The van der Waals surface area contributed by atoms with E-state index in [0.717, 1.165) is 32.3 Å². The smallest absolute Gasteiger partial charge is 0.0642 e. The van der Waals surface area contributed by atoms with Gasteiger partial charge < -0.3 is 9.84 Å². The zero-order chi connectivity index (χ0) is 15.8. The van der Waals surface area contributed by atoms with Crippen LogP contribution in [-0.4, -0.2) is 23.9 Å². The molecule has 2 heteroatoms. The van der Waals surface area contributed by atoms with Gasteiger partial charge in [0, 0.05) is 0 Å². The molecule has 2 rings (SSSR count). The molecular weight excluding hydrogens is 260 g/mol. The third kappa shape index (κ3) is 3.64. The number of aliphatic hydroxyl groups is 1. The lowest BCUT2D eigenvalue weighted by Gasteiger charge is -2.47. The quantitative estimate of drug-likeness (QED) is 0.818. The van der Waals surface area contributed by atoms with Crippen molar-refractivity contribution in [3.05, 3.63) is 0 Å². The molecule has 5 atom stereocenters. The van der Waals surface area contributed by atoms with Gasteiger partial charge in [0.25, 0.3) is 0 Å². The monoisotopic (exact) mass is 296 g/mol. The van der Waals surface area contributed by atoms with E-state index in [2.05, 4.69) is 41.5 Å². The van der Waals surface area contributed by atoms with Gasteiger partial charge in [0.2, 0.25) is 0 Å². The first kappa shape index (κ1) is 17.3. The fourth-order valence-electron chi connectivity index (χ4n) is 4.52. The van der Waals surface area contributed by atoms with Gasteiger partial charge >= 0.3 is 0 Å². The van der Waals surface area contributed by atoms with Crippen molar-refractivity contribution >= 4 is 0 Å². The highest BCUT2D eigenvalue weighted by atomic mass is 16.5. The summed E-state index contributed by atoms with van der Waals surface area (Å²) in [4.78, 5) is 0. The van der Waals surface area contributed by atoms with E-state index < -0.39 is 0 Å². The van der Waals surface area contributed by atoms with Crippen LogP contribution in [0.15, 0.2) is 0 Å². The molecule has 1 saturated heterocycles. The minimum Gasteiger partial charge on any atom is -0.393 e. The van der Waals surface area contributed by atoms with E-state index in [9.17, 15) is 5.11 Å². The minimum atomic E-state index is -0.118. The van der Waals surface area contributed by atoms with Gasteiger partial charge in [-0.05, 0) is 47.8 Å². The summed E-state index contributed by atoms with van der Waals surface area (Å²) in [6.07, 6.45) is 5.85. The van der Waals surface area contributed by atoms with Crippen molar-refractivity contribution in [2.45, 2.75) is 85.9 Å². The largest absolute Gasteiger partial charge is 0.393 e. The predicted molar refractivity (Wildman–Crippen MR) is 88.2 cm³/mol. The lowest BCUT2D eigenvalue weighted by atomic mass is 9.59. The molecule has 0 amide bonds. The number of ether oxygens (including phenoxy) is 1. The Morgan fingerprint density at radius 3 is 2.48 bits per heavy atom. The highest BCUT2D eigenvalue weighted by Gasteiger charge is 2.53. The first-order valence-corrected chi connectivity index (χ1v) is 8.96. The summed E-state index contributed by atoms with van der Waals surface area (Å²) in [5.41, 5.74) is 0.518. The molecule has 2 aliphatic rings. The van der Waals surface area contributed by atoms with Crippen molar-refractivity contribution in [1.82, 2.24) is 0 Å². The third-order valence-corrected chi connectivity index (χ3v) is 6.07. The second-order valence-electron chi connectivity index (χ2n) is 9.28. The lowest BCUT2D eigenvalue weighted by molar-refractivity contribution is -0.0674. The molecule has 1 saturated carbocycles. The molecule has 0 aromatic heterocycles. The van der Waals surface area contributed by atoms with Crippen LogP contribution < -0.4 is 0 Å². The summed E-state index contributed by atoms with van der Waals surface area (Å²) in [6, 6.07) is 0. The van der Waals surface area contributed by atoms with Gasteiger partial charge in [-0.3, -0.25) is 0 Å². The molecule has 1 heterocycles. The topological polar surface area (TPSA) is 29.5 Å². The van der Waals surface area contributed by atoms with Gasteiger partial charge in [-0.1, -0.05) is 54.4 Å². The van der Waals surface area contributed by atoms with Gasteiger partial charge in [0.1, 0.15) is 0 Å². The maximum Gasteiger partial charge on any atom is 0.0642 e. The molecule has 124 valence electrons. The Balaban J connectivity index is 2.16. The summed E-state index contributed by atoms with van der Waals surface area (Å²) < 4.78 is 6.24. The summed E-state index contributed by atoms with van der Waals surface area (Å²) in [5.74, 6) is 1.64. The Hall–Kier alpha value is -0.0800. The molecular formula is C19H36O2. The van der Waals surface area contributed by atoms with E-state index in [0.29, 0.717) is 23.9 Å². The van der Waals surface area contributed by atoms with E-state index in [1.807, 2.05) is 0 Å². The Labute approximate surface area is 131 Å². The molecule has 0 aromatic rings. The van der Waals surface area contributed by atoms with E-state index in [-0.39, 0.29) is 16.9 Å². The van der Waals surface area contributed by atoms with Crippen LogP contribution in [0.25, 0.3) is 0 Å². The van der Waals surface area contributed by atoms with Crippen molar-refractivity contribution in [1.29, 1.82) is 0 Å². The normalized spacial score (nSPS) is 37.3. The zero-order valence-corrected chi connectivity index (χ0v) is 15.0. The number of aliphatic hydroxyl groups excluding tert-OH is 1. The number of hydrogen-bond donors (Lipinski definition) is 1. The summed E-state index contributed by atoms with van der Waals surface area (Å²) in [7, 11) is 0. The Morgan fingerprint density at radius 1 is 1.24 bits per heavy atom. The van der Waals surface area contributed by atoms with Crippen molar-refractivity contribution < 1.29 is 9.84 Å². The fraction of sp³-hybridized carbons (Fsp3) is 1.00. The molecule has 0 radical (unpaired) electrons. The number of rotatable bonds is 4. The molecule has 21 heavy (non-hydrogen) atoms. The Bertz CT molecular complexity index is 342. The van der Waals surface area contributed by atoms with E-state index >= 15 is 0 Å². The van der Waals surface area contributed by atoms with Crippen LogP contribution >= 0.6 is 0 Å². The molecule has 0 aromatic carbocycles. The predicted octanol–water partition coefficient (Wildman–Crippen LogP) is 4.65. The van der Waals surface area contributed by atoms with Gasteiger partial charge in [-0.15, -0.1) is 0 Å². The van der Waals surface area contributed by atoms with Crippen molar-refractivity contribution in [2.75, 3.05) is 6.61 Å². The maximum absolute atomic E-state index is 10.6. The number of unbranched alkanes of at least 4 members (excludes halogenated alkanes) is 1. The van der Waals surface area contributed by atoms with E-state index in [1.54, 1.807) is 0 Å². The molecule has 0 bridgehead atoms. The first-order chi connectivity index (χ1) is 9.66. The van der Waals surface area contributed by atoms with Crippen LogP contribution in [0.2, 0.25) is 0 Å². The molecule has 1 aliphatic heterocycles. The average molecular weight is 296 g/mol. The summed E-state index contributed by atoms with van der Waals surface area (Å²) in [5, 5.41) is 10.6. The standard InChI is InChI=1S/C19H36O2/c1-7-8-9-16(20)13-10-14(18(2,3)4)17-15(11-13)19(5,6)12-21-17/h13-17,20H,7-12H2,1-6H3. The lowest BCUT2D eigenvalue weighted by Crippen LogP contribution is -2.46. The van der Waals surface area contributed by atoms with Gasteiger partial charge in [-0.25, -0.2) is 0 Å². The molecule has 0 spiro atoms. The molecule has 1 N–H and O–H groups in total. The van der Waals surface area contributed by atoms with Crippen LogP contribution in [0.3, 0.4) is 0 Å². The van der Waals surface area contributed by atoms with E-state index in [4.69, 9.17) is 4.74 Å². The molecule has 2 nitrogen and oxygen atoms in total. The van der Waals surface area contributed by atoms with Crippen LogP contribution in [-0.2, 0) is 4.74 Å². The molecule has 5 unspecified atom stereocenters. The van der Waals surface area contributed by atoms with Crippen molar-refractivity contribution in [2.24, 2.45) is 28.6 Å². The van der Waals surface area contributed by atoms with Crippen molar-refractivity contribution in [3.63, 3.8) is 0 Å². The molecule has 2 fully saturated rings. The summed E-state index contributed by atoms with van der Waals surface area (Å²) >= 11 is 0. The van der Waals surface area contributed by atoms with Crippen LogP contribution in [0, 0.1) is 28.6 Å². The third-order valence-electron chi connectivity index (χ3n) is 6.07. The fourth-order valence-corrected chi connectivity index (χ4v) is 4.52.